The van der Waals surface area contributed by atoms with Crippen LogP contribution in [0.3, 0.4) is 0 Å². The molecule has 1 atom stereocenters. The first-order valence-electron chi connectivity index (χ1n) is 9.02. The minimum Gasteiger partial charge on any atom is -0.444 e. The van der Waals surface area contributed by atoms with Crippen LogP contribution in [-0.4, -0.2) is 50.1 Å². The average molecular weight is 375 g/mol. The van der Waals surface area contributed by atoms with Crippen LogP contribution in [0.1, 0.15) is 52.9 Å². The zero-order valence-corrected chi connectivity index (χ0v) is 16.2. The molecule has 1 heterocycles. The first-order valence-corrected chi connectivity index (χ1v) is 10.8. The molecule has 1 aliphatic heterocycles. The minimum atomic E-state index is -2.98. The summed E-state index contributed by atoms with van der Waals surface area (Å²) in [4.78, 5) is 24.0. The Morgan fingerprint density at radius 1 is 1.08 bits per heavy atom. The van der Waals surface area contributed by atoms with E-state index >= 15 is 0 Å². The van der Waals surface area contributed by atoms with Gasteiger partial charge in [0.05, 0.1) is 11.5 Å². The lowest BCUT2D eigenvalue weighted by Crippen LogP contribution is -2.41. The first kappa shape index (κ1) is 20.0. The van der Waals surface area contributed by atoms with E-state index in [4.69, 9.17) is 4.74 Å². The van der Waals surface area contributed by atoms with Crippen LogP contribution in [0, 0.1) is 11.8 Å². The van der Waals surface area contributed by atoms with E-state index in [0.29, 0.717) is 18.9 Å². The second kappa shape index (κ2) is 7.93. The molecule has 8 heteroatoms. The lowest BCUT2D eigenvalue weighted by Gasteiger charge is -2.29. The van der Waals surface area contributed by atoms with Crippen molar-refractivity contribution in [3.63, 3.8) is 0 Å². The number of amides is 2. The van der Waals surface area contributed by atoms with Gasteiger partial charge in [0.1, 0.15) is 5.60 Å². The molecule has 2 aliphatic rings. The lowest BCUT2D eigenvalue weighted by molar-refractivity contribution is -0.126. The Hall–Kier alpha value is -1.31. The Labute approximate surface area is 150 Å². The van der Waals surface area contributed by atoms with Gasteiger partial charge in [0, 0.05) is 18.5 Å². The van der Waals surface area contributed by atoms with Crippen molar-refractivity contribution < 1.29 is 22.7 Å². The molecule has 0 aromatic carbocycles. The number of ether oxygens (including phenoxy) is 1. The third kappa shape index (κ3) is 6.84. The van der Waals surface area contributed by atoms with Gasteiger partial charge in [0.2, 0.25) is 5.91 Å². The largest absolute Gasteiger partial charge is 0.444 e. The maximum Gasteiger partial charge on any atom is 0.407 e. The SMILES string of the molecule is CC(C)(C)OC(=O)NCC1CCC(C(=O)NC2CCS(=O)(=O)C2)CC1. The summed E-state index contributed by atoms with van der Waals surface area (Å²) < 4.78 is 28.1. The first-order chi connectivity index (χ1) is 11.5. The van der Waals surface area contributed by atoms with Crippen molar-refractivity contribution >= 4 is 21.8 Å². The number of hydrogen-bond donors (Lipinski definition) is 2. The number of carbonyl (C=O) groups excluding carboxylic acids is 2. The Kier molecular flexibility index (Phi) is 6.35. The second-order valence-corrected chi connectivity index (χ2v) is 10.4. The zero-order chi connectivity index (χ0) is 18.7. The van der Waals surface area contributed by atoms with Gasteiger partial charge in [0.25, 0.3) is 0 Å². The van der Waals surface area contributed by atoms with Crippen LogP contribution in [0.2, 0.25) is 0 Å². The van der Waals surface area contributed by atoms with Crippen molar-refractivity contribution in [2.75, 3.05) is 18.1 Å². The maximum absolute atomic E-state index is 12.3. The minimum absolute atomic E-state index is 0.0272. The van der Waals surface area contributed by atoms with E-state index in [0.717, 1.165) is 25.7 Å². The molecule has 2 fully saturated rings. The van der Waals surface area contributed by atoms with E-state index in [2.05, 4.69) is 10.6 Å². The number of sulfone groups is 1. The quantitative estimate of drug-likeness (QED) is 0.779. The van der Waals surface area contributed by atoms with Gasteiger partial charge in [-0.2, -0.15) is 0 Å². The van der Waals surface area contributed by atoms with Gasteiger partial charge in [-0.05, 0) is 58.8 Å². The summed E-state index contributed by atoms with van der Waals surface area (Å²) in [7, 11) is -2.98. The number of nitrogens with one attached hydrogen (secondary N) is 2. The molecule has 1 aliphatic carbocycles. The third-order valence-electron chi connectivity index (χ3n) is 4.73. The summed E-state index contributed by atoms with van der Waals surface area (Å²) in [6.07, 6.45) is 3.39. The highest BCUT2D eigenvalue weighted by molar-refractivity contribution is 7.91. The van der Waals surface area contributed by atoms with Crippen LogP contribution in [-0.2, 0) is 19.4 Å². The fourth-order valence-electron chi connectivity index (χ4n) is 3.40. The predicted molar refractivity (Wildman–Crippen MR) is 94.9 cm³/mol. The molecule has 1 saturated heterocycles. The molecular weight excluding hydrogens is 344 g/mol. The van der Waals surface area contributed by atoms with Crippen molar-refractivity contribution in [3.8, 4) is 0 Å². The van der Waals surface area contributed by atoms with Crippen LogP contribution in [0.4, 0.5) is 4.79 Å². The van der Waals surface area contributed by atoms with Gasteiger partial charge in [-0.3, -0.25) is 4.79 Å². The van der Waals surface area contributed by atoms with Gasteiger partial charge < -0.3 is 15.4 Å². The molecule has 2 rings (SSSR count). The van der Waals surface area contributed by atoms with E-state index in [-0.39, 0.29) is 29.4 Å². The van der Waals surface area contributed by atoms with Crippen molar-refractivity contribution in [2.45, 2.75) is 64.5 Å². The van der Waals surface area contributed by atoms with Gasteiger partial charge >= 0.3 is 6.09 Å². The highest BCUT2D eigenvalue weighted by Gasteiger charge is 2.32. The van der Waals surface area contributed by atoms with Gasteiger partial charge in [-0.1, -0.05) is 0 Å². The van der Waals surface area contributed by atoms with Gasteiger partial charge in [0.15, 0.2) is 9.84 Å². The molecule has 1 saturated carbocycles. The summed E-state index contributed by atoms with van der Waals surface area (Å²) in [6.45, 7) is 6.04. The number of carbonyl (C=O) groups is 2. The van der Waals surface area contributed by atoms with Crippen molar-refractivity contribution in [1.29, 1.82) is 0 Å². The van der Waals surface area contributed by atoms with E-state index in [9.17, 15) is 18.0 Å². The normalized spacial score (nSPS) is 29.0. The van der Waals surface area contributed by atoms with Crippen molar-refractivity contribution in [2.24, 2.45) is 11.8 Å². The van der Waals surface area contributed by atoms with Crippen LogP contribution >= 0.6 is 0 Å². The molecule has 0 bridgehead atoms. The van der Waals surface area contributed by atoms with Crippen LogP contribution in [0.5, 0.6) is 0 Å². The van der Waals surface area contributed by atoms with Crippen LogP contribution in [0.25, 0.3) is 0 Å². The predicted octanol–water partition coefficient (Wildman–Crippen LogP) is 1.62. The second-order valence-electron chi connectivity index (χ2n) is 8.21. The third-order valence-corrected chi connectivity index (χ3v) is 6.50. The molecule has 25 heavy (non-hydrogen) atoms. The Bertz CT molecular complexity index is 589. The molecule has 7 nitrogen and oxygen atoms in total. The smallest absolute Gasteiger partial charge is 0.407 e. The van der Waals surface area contributed by atoms with Crippen molar-refractivity contribution in [1.82, 2.24) is 10.6 Å². The van der Waals surface area contributed by atoms with Crippen LogP contribution in [0.15, 0.2) is 0 Å². The number of hydrogen-bond acceptors (Lipinski definition) is 5. The standard InChI is InChI=1S/C17H30N2O5S/c1-17(2,3)24-16(21)18-10-12-4-6-13(7-5-12)15(20)19-14-8-9-25(22,23)11-14/h12-14H,4-11H2,1-3H3,(H,18,21)(H,19,20). The fraction of sp³-hybridized carbons (Fsp3) is 0.882. The molecule has 0 aromatic heterocycles. The highest BCUT2D eigenvalue weighted by Crippen LogP contribution is 2.29. The monoisotopic (exact) mass is 374 g/mol. The van der Waals surface area contributed by atoms with E-state index in [1.54, 1.807) is 0 Å². The lowest BCUT2D eigenvalue weighted by atomic mass is 9.81. The highest BCUT2D eigenvalue weighted by atomic mass is 32.2. The molecule has 1 unspecified atom stereocenters. The number of rotatable bonds is 4. The molecule has 0 aromatic rings. The molecule has 144 valence electrons. The summed E-state index contributed by atoms with van der Waals surface area (Å²) in [5.41, 5.74) is -0.506. The van der Waals surface area contributed by atoms with Crippen LogP contribution < -0.4 is 10.6 Å². The average Bonchev–Trinajstić information content (AvgIpc) is 2.83. The molecule has 2 N–H and O–H groups in total. The summed E-state index contributed by atoms with van der Waals surface area (Å²) >= 11 is 0. The Morgan fingerprint density at radius 3 is 2.24 bits per heavy atom. The summed E-state index contributed by atoms with van der Waals surface area (Å²) in [5, 5.41) is 5.68. The molecule has 2 amide bonds. The zero-order valence-electron chi connectivity index (χ0n) is 15.3. The van der Waals surface area contributed by atoms with Crippen molar-refractivity contribution in [3.05, 3.63) is 0 Å². The maximum atomic E-state index is 12.3. The van der Waals surface area contributed by atoms with E-state index < -0.39 is 21.5 Å². The number of alkyl carbamates (subject to hydrolysis) is 1. The fourth-order valence-corrected chi connectivity index (χ4v) is 5.07. The Balaban J connectivity index is 1.67. The Morgan fingerprint density at radius 2 is 1.72 bits per heavy atom. The topological polar surface area (TPSA) is 102 Å². The van der Waals surface area contributed by atoms with E-state index in [1.165, 1.54) is 0 Å². The van der Waals surface area contributed by atoms with Gasteiger partial charge in [-0.15, -0.1) is 0 Å². The molecule has 0 spiro atoms. The molecular formula is C17H30N2O5S. The van der Waals surface area contributed by atoms with E-state index in [1.807, 2.05) is 20.8 Å². The molecule has 0 radical (unpaired) electrons. The summed E-state index contributed by atoms with van der Waals surface area (Å²) in [5.74, 6) is 0.500. The summed E-state index contributed by atoms with van der Waals surface area (Å²) in [6, 6.07) is -0.232. The van der Waals surface area contributed by atoms with Gasteiger partial charge in [-0.25, -0.2) is 13.2 Å².